The molecule has 0 rings (SSSR count). The Kier molecular flexibility index (Phi) is 5.03. The summed E-state index contributed by atoms with van der Waals surface area (Å²) < 4.78 is 0. The van der Waals surface area contributed by atoms with Crippen molar-refractivity contribution in [3.8, 4) is 0 Å². The molecule has 0 unspecified atom stereocenters. The van der Waals surface area contributed by atoms with E-state index in [1.165, 1.54) is 0 Å². The van der Waals surface area contributed by atoms with E-state index in [4.69, 9.17) is 10.2 Å². The number of carbonyl (C=O) groups is 2. The minimum Gasteiger partial charge on any atom is -0.480 e. The third-order valence-corrected chi connectivity index (χ3v) is 1.37. The molecule has 0 aliphatic rings. The smallest absolute Gasteiger partial charge is 0.326 e. The van der Waals surface area contributed by atoms with Crippen molar-refractivity contribution in [3.05, 3.63) is 0 Å². The minimum atomic E-state index is -1.12. The molecule has 5 nitrogen and oxygen atoms in total. The molecule has 0 aliphatic carbocycles. The van der Waals surface area contributed by atoms with Crippen molar-refractivity contribution < 1.29 is 19.8 Å². The molecule has 12 heavy (non-hydrogen) atoms. The fourth-order valence-electron chi connectivity index (χ4n) is 0.683. The monoisotopic (exact) mass is 175 g/mol. The Balaban J connectivity index is 3.95. The number of carbonyl (C=O) groups excluding carboxylic acids is 1. The van der Waals surface area contributed by atoms with E-state index in [2.05, 4.69) is 5.32 Å². The SMILES string of the molecule is CCC(=O)N[C@H](CCO)C(=O)O. The fraction of sp³-hybridized carbons (Fsp3) is 0.714. The molecule has 0 saturated carbocycles. The van der Waals surface area contributed by atoms with E-state index >= 15 is 0 Å². The number of carboxylic acids is 1. The molecule has 0 heterocycles. The Morgan fingerprint density at radius 2 is 2.08 bits per heavy atom. The van der Waals surface area contributed by atoms with Crippen molar-refractivity contribution in [2.75, 3.05) is 6.61 Å². The minimum absolute atomic E-state index is 0.0427. The van der Waals surface area contributed by atoms with Crippen LogP contribution >= 0.6 is 0 Å². The van der Waals surface area contributed by atoms with Crippen LogP contribution in [0.2, 0.25) is 0 Å². The Morgan fingerprint density at radius 3 is 2.42 bits per heavy atom. The lowest BCUT2D eigenvalue weighted by Crippen LogP contribution is -2.41. The summed E-state index contributed by atoms with van der Waals surface area (Å²) in [6.45, 7) is 1.38. The molecule has 3 N–H and O–H groups in total. The standard InChI is InChI=1S/C7H13NO4/c1-2-6(10)8-5(3-4-9)7(11)12/h5,9H,2-4H2,1H3,(H,8,10)(H,11,12)/t5-/m1/s1. The third kappa shape index (κ3) is 3.92. The summed E-state index contributed by atoms with van der Waals surface area (Å²) in [5, 5.41) is 19.2. The van der Waals surface area contributed by atoms with E-state index in [9.17, 15) is 9.59 Å². The summed E-state index contributed by atoms with van der Waals surface area (Å²) >= 11 is 0. The lowest BCUT2D eigenvalue weighted by molar-refractivity contribution is -0.142. The maximum atomic E-state index is 10.7. The third-order valence-electron chi connectivity index (χ3n) is 1.37. The van der Waals surface area contributed by atoms with Crippen molar-refractivity contribution in [1.29, 1.82) is 0 Å². The van der Waals surface area contributed by atoms with Crippen LogP contribution in [0.15, 0.2) is 0 Å². The van der Waals surface area contributed by atoms with Gasteiger partial charge in [0.25, 0.3) is 0 Å². The van der Waals surface area contributed by atoms with E-state index in [1.54, 1.807) is 6.92 Å². The predicted octanol–water partition coefficient (Wildman–Crippen LogP) is -0.652. The van der Waals surface area contributed by atoms with Crippen LogP contribution in [0.25, 0.3) is 0 Å². The van der Waals surface area contributed by atoms with Gasteiger partial charge in [-0.05, 0) is 0 Å². The number of hydrogen-bond acceptors (Lipinski definition) is 3. The normalized spacial score (nSPS) is 12.2. The Hall–Kier alpha value is -1.10. The van der Waals surface area contributed by atoms with Crippen molar-refractivity contribution >= 4 is 11.9 Å². The van der Waals surface area contributed by atoms with Crippen LogP contribution in [0.3, 0.4) is 0 Å². The van der Waals surface area contributed by atoms with Gasteiger partial charge < -0.3 is 15.5 Å². The fourth-order valence-corrected chi connectivity index (χ4v) is 0.683. The molecule has 0 aliphatic heterocycles. The molecule has 1 amide bonds. The molecule has 0 aromatic heterocycles. The largest absolute Gasteiger partial charge is 0.480 e. The van der Waals surface area contributed by atoms with Crippen LogP contribution in [-0.2, 0) is 9.59 Å². The summed E-state index contributed by atoms with van der Waals surface area (Å²) in [4.78, 5) is 21.2. The predicted molar refractivity (Wildman–Crippen MR) is 41.6 cm³/mol. The maximum Gasteiger partial charge on any atom is 0.326 e. The second-order valence-corrected chi connectivity index (χ2v) is 2.32. The van der Waals surface area contributed by atoms with Gasteiger partial charge in [-0.1, -0.05) is 6.92 Å². The molecule has 70 valence electrons. The molecule has 5 heteroatoms. The number of nitrogens with one attached hydrogen (secondary N) is 1. The van der Waals surface area contributed by atoms with Crippen LogP contribution in [0.4, 0.5) is 0 Å². The molecular weight excluding hydrogens is 162 g/mol. The number of hydrogen-bond donors (Lipinski definition) is 3. The van der Waals surface area contributed by atoms with E-state index in [-0.39, 0.29) is 25.4 Å². The van der Waals surface area contributed by atoms with Gasteiger partial charge >= 0.3 is 5.97 Å². The highest BCUT2D eigenvalue weighted by Gasteiger charge is 2.17. The van der Waals surface area contributed by atoms with Gasteiger partial charge in [0.1, 0.15) is 6.04 Å². The van der Waals surface area contributed by atoms with Crippen molar-refractivity contribution in [1.82, 2.24) is 5.32 Å². The zero-order valence-corrected chi connectivity index (χ0v) is 6.91. The first-order valence-corrected chi connectivity index (χ1v) is 3.74. The first-order chi connectivity index (χ1) is 5.61. The van der Waals surface area contributed by atoms with E-state index < -0.39 is 12.0 Å². The van der Waals surface area contributed by atoms with E-state index in [0.717, 1.165) is 0 Å². The van der Waals surface area contributed by atoms with Gasteiger partial charge in [0.2, 0.25) is 5.91 Å². The molecule has 0 radical (unpaired) electrons. The van der Waals surface area contributed by atoms with Crippen LogP contribution in [0.5, 0.6) is 0 Å². The van der Waals surface area contributed by atoms with E-state index in [1.807, 2.05) is 0 Å². The van der Waals surface area contributed by atoms with Crippen molar-refractivity contribution in [2.24, 2.45) is 0 Å². The highest BCUT2D eigenvalue weighted by Crippen LogP contribution is 1.92. The Morgan fingerprint density at radius 1 is 1.50 bits per heavy atom. The van der Waals surface area contributed by atoms with Gasteiger partial charge in [0.15, 0.2) is 0 Å². The summed E-state index contributed by atoms with van der Waals surface area (Å²) in [5.41, 5.74) is 0. The number of aliphatic hydroxyl groups excluding tert-OH is 1. The number of rotatable bonds is 5. The zero-order chi connectivity index (χ0) is 9.56. The second kappa shape index (κ2) is 5.54. The van der Waals surface area contributed by atoms with Gasteiger partial charge in [-0.2, -0.15) is 0 Å². The maximum absolute atomic E-state index is 10.7. The topological polar surface area (TPSA) is 86.6 Å². The highest BCUT2D eigenvalue weighted by atomic mass is 16.4. The molecule has 0 aromatic rings. The molecule has 0 bridgehead atoms. The summed E-state index contributed by atoms with van der Waals surface area (Å²) in [5.74, 6) is -1.44. The van der Waals surface area contributed by atoms with Crippen LogP contribution < -0.4 is 5.32 Å². The molecule has 1 atom stereocenters. The highest BCUT2D eigenvalue weighted by molar-refractivity contribution is 5.83. The molecule has 0 saturated heterocycles. The van der Waals surface area contributed by atoms with Gasteiger partial charge in [0, 0.05) is 19.4 Å². The Bertz CT molecular complexity index is 167. The van der Waals surface area contributed by atoms with Gasteiger partial charge in [-0.25, -0.2) is 4.79 Å². The van der Waals surface area contributed by atoms with Gasteiger partial charge in [-0.3, -0.25) is 4.79 Å². The average Bonchev–Trinajstić information content (AvgIpc) is 2.03. The number of amides is 1. The average molecular weight is 175 g/mol. The quantitative estimate of drug-likeness (QED) is 0.518. The first kappa shape index (κ1) is 10.9. The summed E-state index contributed by atoms with van der Waals surface area (Å²) in [6, 6.07) is -0.970. The van der Waals surface area contributed by atoms with Crippen LogP contribution in [0, 0.1) is 0 Å². The van der Waals surface area contributed by atoms with Crippen LogP contribution in [-0.4, -0.2) is 34.7 Å². The number of aliphatic hydroxyl groups is 1. The van der Waals surface area contributed by atoms with Crippen molar-refractivity contribution in [3.63, 3.8) is 0 Å². The van der Waals surface area contributed by atoms with Gasteiger partial charge in [-0.15, -0.1) is 0 Å². The second-order valence-electron chi connectivity index (χ2n) is 2.32. The summed E-state index contributed by atoms with van der Waals surface area (Å²) in [6.07, 6.45) is 0.288. The first-order valence-electron chi connectivity index (χ1n) is 3.74. The lowest BCUT2D eigenvalue weighted by Gasteiger charge is -2.11. The summed E-state index contributed by atoms with van der Waals surface area (Å²) in [7, 11) is 0. The number of carboxylic acid groups (broad SMARTS) is 1. The van der Waals surface area contributed by atoms with E-state index in [0.29, 0.717) is 0 Å². The zero-order valence-electron chi connectivity index (χ0n) is 6.91. The molecular formula is C7H13NO4. The van der Waals surface area contributed by atoms with Crippen LogP contribution in [0.1, 0.15) is 19.8 Å². The molecule has 0 fully saturated rings. The van der Waals surface area contributed by atoms with Crippen molar-refractivity contribution in [2.45, 2.75) is 25.8 Å². The Labute approximate surface area is 70.4 Å². The van der Waals surface area contributed by atoms with Gasteiger partial charge in [0.05, 0.1) is 0 Å². The lowest BCUT2D eigenvalue weighted by atomic mass is 10.2. The molecule has 0 aromatic carbocycles. The molecule has 0 spiro atoms. The number of aliphatic carboxylic acids is 1.